The second kappa shape index (κ2) is 5.15. The summed E-state index contributed by atoms with van der Waals surface area (Å²) in [5.74, 6) is 1.38. The lowest BCUT2D eigenvalue weighted by Crippen LogP contribution is -2.36. The lowest BCUT2D eigenvalue weighted by molar-refractivity contribution is 1.15. The van der Waals surface area contributed by atoms with Crippen LogP contribution in [0.3, 0.4) is 0 Å². The molecule has 0 aliphatic heterocycles. The zero-order chi connectivity index (χ0) is 10.6. The van der Waals surface area contributed by atoms with E-state index in [1.54, 1.807) is 0 Å². The third-order valence-electron chi connectivity index (χ3n) is 3.68. The molecule has 14 heavy (non-hydrogen) atoms. The van der Waals surface area contributed by atoms with Crippen LogP contribution >= 0.6 is 0 Å². The molecule has 5 radical (unpaired) electrons. The predicted octanol–water partition coefficient (Wildman–Crippen LogP) is 4.00. The third kappa shape index (κ3) is 2.13. The highest BCUT2D eigenvalue weighted by Gasteiger charge is 2.35. The molecule has 1 heteroatoms. The SMILES string of the molecule is C=C([C]1[CH][CH][CH][CH]1)[Si](CC)(CC)CC. The van der Waals surface area contributed by atoms with Crippen LogP contribution in [0.1, 0.15) is 20.8 Å². The first-order valence-corrected chi connectivity index (χ1v) is 8.23. The molecular weight excluding hydrogens is 184 g/mol. The van der Waals surface area contributed by atoms with E-state index in [0.29, 0.717) is 0 Å². The van der Waals surface area contributed by atoms with Gasteiger partial charge < -0.3 is 0 Å². The standard InChI is InChI=1S/C13H21Si/c1-5-14(6-2,7-3)12(4)13-10-8-9-11-13/h8-11H,4-7H2,1-3H3. The molecule has 0 atom stereocenters. The zero-order valence-electron chi connectivity index (χ0n) is 9.64. The summed E-state index contributed by atoms with van der Waals surface area (Å²) in [4.78, 5) is 0. The van der Waals surface area contributed by atoms with Crippen LogP contribution in [0.2, 0.25) is 18.1 Å². The molecule has 1 rings (SSSR count). The fourth-order valence-corrected chi connectivity index (χ4v) is 5.83. The van der Waals surface area contributed by atoms with E-state index >= 15 is 0 Å². The van der Waals surface area contributed by atoms with Crippen LogP contribution in [0, 0.1) is 31.6 Å². The van der Waals surface area contributed by atoms with E-state index < -0.39 is 8.07 Å². The third-order valence-corrected chi connectivity index (χ3v) is 9.31. The lowest BCUT2D eigenvalue weighted by Gasteiger charge is -2.33. The maximum absolute atomic E-state index is 4.34. The summed E-state index contributed by atoms with van der Waals surface area (Å²) >= 11 is 0. The first-order valence-electron chi connectivity index (χ1n) is 5.61. The first kappa shape index (κ1) is 12.0. The lowest BCUT2D eigenvalue weighted by atomic mass is 10.1. The van der Waals surface area contributed by atoms with Gasteiger partial charge in [-0.15, -0.1) is 6.58 Å². The van der Waals surface area contributed by atoms with Gasteiger partial charge in [0.1, 0.15) is 0 Å². The van der Waals surface area contributed by atoms with E-state index in [0.717, 1.165) is 0 Å². The quantitative estimate of drug-likeness (QED) is 0.595. The molecule has 0 aromatic carbocycles. The summed E-state index contributed by atoms with van der Waals surface area (Å²) in [7, 11) is -1.22. The van der Waals surface area contributed by atoms with E-state index in [1.165, 1.54) is 29.2 Å². The zero-order valence-corrected chi connectivity index (χ0v) is 10.6. The van der Waals surface area contributed by atoms with Crippen LogP contribution in [-0.2, 0) is 0 Å². The van der Waals surface area contributed by atoms with Crippen molar-refractivity contribution in [3.05, 3.63) is 43.4 Å². The van der Waals surface area contributed by atoms with Crippen molar-refractivity contribution in [3.8, 4) is 0 Å². The second-order valence-electron chi connectivity index (χ2n) is 3.99. The van der Waals surface area contributed by atoms with Crippen molar-refractivity contribution < 1.29 is 0 Å². The largest absolute Gasteiger partial charge is 0.103 e. The fourth-order valence-electron chi connectivity index (χ4n) is 2.27. The van der Waals surface area contributed by atoms with Crippen molar-refractivity contribution in [2.75, 3.05) is 0 Å². The van der Waals surface area contributed by atoms with Gasteiger partial charge in [-0.05, 0) is 25.7 Å². The Morgan fingerprint density at radius 1 is 1.07 bits per heavy atom. The van der Waals surface area contributed by atoms with E-state index in [9.17, 15) is 0 Å². The van der Waals surface area contributed by atoms with E-state index in [-0.39, 0.29) is 0 Å². The molecule has 1 saturated carbocycles. The minimum absolute atomic E-state index is 1.22. The number of allylic oxidation sites excluding steroid dienone is 1. The van der Waals surface area contributed by atoms with Gasteiger partial charge in [0.05, 0.1) is 8.07 Å². The molecule has 0 unspecified atom stereocenters. The number of hydrogen-bond donors (Lipinski definition) is 0. The summed E-state index contributed by atoms with van der Waals surface area (Å²) in [5, 5.41) is 1.45. The van der Waals surface area contributed by atoms with Crippen LogP contribution in [0.4, 0.5) is 0 Å². The summed E-state index contributed by atoms with van der Waals surface area (Å²) in [5.41, 5.74) is 0. The molecule has 0 aromatic heterocycles. The summed E-state index contributed by atoms with van der Waals surface area (Å²) < 4.78 is 0. The Bertz CT molecular complexity index is 177. The van der Waals surface area contributed by atoms with Gasteiger partial charge in [0, 0.05) is 5.92 Å². The molecular formula is C13H21Si. The minimum atomic E-state index is -1.22. The summed E-state index contributed by atoms with van der Waals surface area (Å²) in [6.45, 7) is 11.3. The Balaban J connectivity index is 2.71. The van der Waals surface area contributed by atoms with E-state index in [2.05, 4.69) is 53.0 Å². The van der Waals surface area contributed by atoms with Crippen molar-refractivity contribution in [1.82, 2.24) is 0 Å². The van der Waals surface area contributed by atoms with Gasteiger partial charge >= 0.3 is 0 Å². The Labute approximate surface area is 90.8 Å². The monoisotopic (exact) mass is 205 g/mol. The molecule has 1 aliphatic carbocycles. The highest BCUT2D eigenvalue weighted by Crippen LogP contribution is 2.39. The van der Waals surface area contributed by atoms with Crippen LogP contribution in [-0.4, -0.2) is 8.07 Å². The van der Waals surface area contributed by atoms with Crippen molar-refractivity contribution in [1.29, 1.82) is 0 Å². The molecule has 0 heterocycles. The first-order chi connectivity index (χ1) is 6.70. The smallest absolute Gasteiger partial charge is 0.0807 e. The van der Waals surface area contributed by atoms with Crippen LogP contribution < -0.4 is 0 Å². The van der Waals surface area contributed by atoms with Crippen LogP contribution in [0.25, 0.3) is 0 Å². The van der Waals surface area contributed by atoms with Gasteiger partial charge in [0.25, 0.3) is 0 Å². The molecule has 0 aromatic rings. The maximum atomic E-state index is 4.34. The van der Waals surface area contributed by atoms with Gasteiger partial charge in [0.2, 0.25) is 0 Å². The second-order valence-corrected chi connectivity index (χ2v) is 9.28. The van der Waals surface area contributed by atoms with Gasteiger partial charge in [0.15, 0.2) is 0 Å². The Kier molecular flexibility index (Phi) is 4.43. The molecule has 1 aliphatic rings. The fraction of sp³-hybridized carbons (Fsp3) is 0.462. The molecule has 0 nitrogen and oxygen atoms in total. The molecule has 77 valence electrons. The molecule has 0 spiro atoms. The van der Waals surface area contributed by atoms with Crippen molar-refractivity contribution in [2.45, 2.75) is 38.9 Å². The average molecular weight is 205 g/mol. The predicted molar refractivity (Wildman–Crippen MR) is 66.8 cm³/mol. The van der Waals surface area contributed by atoms with Crippen molar-refractivity contribution in [2.24, 2.45) is 0 Å². The normalized spacial score (nSPS) is 18.8. The van der Waals surface area contributed by atoms with Crippen LogP contribution in [0.15, 0.2) is 11.8 Å². The van der Waals surface area contributed by atoms with Crippen LogP contribution in [0.5, 0.6) is 0 Å². The molecule has 0 saturated heterocycles. The van der Waals surface area contributed by atoms with Gasteiger partial charge in [-0.2, -0.15) is 0 Å². The Hall–Kier alpha value is -0.0431. The van der Waals surface area contributed by atoms with E-state index in [4.69, 9.17) is 0 Å². The maximum Gasteiger partial charge on any atom is 0.0807 e. The van der Waals surface area contributed by atoms with Gasteiger partial charge in [-0.3, -0.25) is 0 Å². The Morgan fingerprint density at radius 3 is 1.86 bits per heavy atom. The highest BCUT2D eigenvalue weighted by atomic mass is 28.3. The highest BCUT2D eigenvalue weighted by molar-refractivity contribution is 6.87. The van der Waals surface area contributed by atoms with Gasteiger partial charge in [-0.25, -0.2) is 0 Å². The molecule has 1 fully saturated rings. The molecule has 0 bridgehead atoms. The van der Waals surface area contributed by atoms with E-state index in [1.807, 2.05) is 0 Å². The topological polar surface area (TPSA) is 0 Å². The molecule has 0 N–H and O–H groups in total. The Morgan fingerprint density at radius 2 is 1.50 bits per heavy atom. The number of hydrogen-bond acceptors (Lipinski definition) is 0. The summed E-state index contributed by atoms with van der Waals surface area (Å²) in [6, 6.07) is 3.97. The minimum Gasteiger partial charge on any atom is -0.103 e. The number of rotatable bonds is 5. The van der Waals surface area contributed by atoms with Crippen molar-refractivity contribution >= 4 is 8.07 Å². The van der Waals surface area contributed by atoms with Gasteiger partial charge in [-0.1, -0.05) is 44.1 Å². The summed E-state index contributed by atoms with van der Waals surface area (Å²) in [6.07, 6.45) is 8.62. The van der Waals surface area contributed by atoms with Crippen molar-refractivity contribution in [3.63, 3.8) is 0 Å². The molecule has 0 amide bonds. The average Bonchev–Trinajstić information content (AvgIpc) is 2.74.